The van der Waals surface area contributed by atoms with Crippen molar-refractivity contribution >= 4 is 6.09 Å². The van der Waals surface area contributed by atoms with E-state index in [1.165, 1.54) is 18.2 Å². The molecule has 4 N–H and O–H groups in total. The van der Waals surface area contributed by atoms with Gasteiger partial charge in [-0.2, -0.15) is 0 Å². The van der Waals surface area contributed by atoms with E-state index in [2.05, 4.69) is 5.32 Å². The normalized spacial score (nSPS) is 12.1. The summed E-state index contributed by atoms with van der Waals surface area (Å²) in [5, 5.41) is 28.9. The Hall–Kier alpha value is -1.91. The molecule has 0 spiro atoms. The van der Waals surface area contributed by atoms with Gasteiger partial charge in [0.05, 0.1) is 6.04 Å². The molecule has 0 radical (unpaired) electrons. The summed E-state index contributed by atoms with van der Waals surface area (Å²) in [6.07, 6.45) is -1.13. The van der Waals surface area contributed by atoms with Crippen LogP contribution in [0.4, 0.5) is 4.79 Å². The molecule has 1 unspecified atom stereocenters. The molecule has 0 saturated carbocycles. The SMILES string of the molecule is CC(NC(=O)O)c1ccc(O)c(O)c1. The minimum atomic E-state index is -1.13. The lowest BCUT2D eigenvalue weighted by Gasteiger charge is -2.12. The maximum Gasteiger partial charge on any atom is 0.405 e. The second-order valence-corrected chi connectivity index (χ2v) is 2.92. The van der Waals surface area contributed by atoms with Crippen LogP contribution in [0.3, 0.4) is 0 Å². The third-order valence-corrected chi connectivity index (χ3v) is 1.84. The first-order chi connectivity index (χ1) is 6.50. The molecule has 0 saturated heterocycles. The van der Waals surface area contributed by atoms with E-state index < -0.39 is 12.1 Å². The van der Waals surface area contributed by atoms with Crippen molar-refractivity contribution in [2.75, 3.05) is 0 Å². The van der Waals surface area contributed by atoms with E-state index in [-0.39, 0.29) is 11.5 Å². The van der Waals surface area contributed by atoms with Gasteiger partial charge >= 0.3 is 6.09 Å². The van der Waals surface area contributed by atoms with Crippen molar-refractivity contribution in [3.63, 3.8) is 0 Å². The molecule has 1 amide bonds. The number of benzene rings is 1. The molecule has 1 rings (SSSR count). The molecule has 0 bridgehead atoms. The Kier molecular flexibility index (Phi) is 2.81. The topological polar surface area (TPSA) is 89.8 Å². The van der Waals surface area contributed by atoms with E-state index in [1.54, 1.807) is 6.92 Å². The maximum atomic E-state index is 10.3. The largest absolute Gasteiger partial charge is 0.504 e. The van der Waals surface area contributed by atoms with Crippen LogP contribution < -0.4 is 5.32 Å². The van der Waals surface area contributed by atoms with Crippen molar-refractivity contribution in [1.82, 2.24) is 5.32 Å². The Morgan fingerprint density at radius 3 is 2.50 bits per heavy atom. The molecule has 0 aliphatic carbocycles. The number of carbonyl (C=O) groups is 1. The van der Waals surface area contributed by atoms with Gasteiger partial charge in [-0.3, -0.25) is 0 Å². The molecule has 0 aliphatic heterocycles. The van der Waals surface area contributed by atoms with Gasteiger partial charge in [-0.15, -0.1) is 0 Å². The first-order valence-electron chi connectivity index (χ1n) is 4.02. The Morgan fingerprint density at radius 2 is 2.00 bits per heavy atom. The first kappa shape index (κ1) is 10.2. The molecule has 0 fully saturated rings. The summed E-state index contributed by atoms with van der Waals surface area (Å²) in [4.78, 5) is 10.3. The molecule has 1 aromatic carbocycles. The van der Waals surface area contributed by atoms with Crippen LogP contribution in [0, 0.1) is 0 Å². The number of hydrogen-bond donors (Lipinski definition) is 4. The van der Waals surface area contributed by atoms with Gasteiger partial charge in [-0.1, -0.05) is 6.07 Å². The van der Waals surface area contributed by atoms with E-state index in [0.29, 0.717) is 5.56 Å². The van der Waals surface area contributed by atoms with Crippen LogP contribution in [-0.4, -0.2) is 21.4 Å². The first-order valence-corrected chi connectivity index (χ1v) is 4.02. The predicted molar refractivity (Wildman–Crippen MR) is 49.3 cm³/mol. The third kappa shape index (κ3) is 2.29. The smallest absolute Gasteiger partial charge is 0.405 e. The fraction of sp³-hybridized carbons (Fsp3) is 0.222. The monoisotopic (exact) mass is 197 g/mol. The molecule has 14 heavy (non-hydrogen) atoms. The van der Waals surface area contributed by atoms with Gasteiger partial charge < -0.3 is 20.6 Å². The zero-order valence-corrected chi connectivity index (χ0v) is 7.56. The van der Waals surface area contributed by atoms with Crippen LogP contribution in [0.15, 0.2) is 18.2 Å². The average molecular weight is 197 g/mol. The van der Waals surface area contributed by atoms with Gasteiger partial charge in [0.25, 0.3) is 0 Å². The van der Waals surface area contributed by atoms with Crippen molar-refractivity contribution in [1.29, 1.82) is 0 Å². The van der Waals surface area contributed by atoms with E-state index in [0.717, 1.165) is 0 Å². The highest BCUT2D eigenvalue weighted by atomic mass is 16.4. The number of amides is 1. The Morgan fingerprint density at radius 1 is 1.36 bits per heavy atom. The molecule has 1 aromatic rings. The molecular formula is C9H11NO4. The fourth-order valence-electron chi connectivity index (χ4n) is 1.08. The summed E-state index contributed by atoms with van der Waals surface area (Å²) in [5.74, 6) is -0.488. The molecule has 0 aliphatic rings. The van der Waals surface area contributed by atoms with E-state index in [1.807, 2.05) is 0 Å². The number of aromatic hydroxyl groups is 2. The maximum absolute atomic E-state index is 10.3. The molecule has 1 atom stereocenters. The lowest BCUT2D eigenvalue weighted by Crippen LogP contribution is -2.24. The highest BCUT2D eigenvalue weighted by Crippen LogP contribution is 2.27. The number of nitrogens with one attached hydrogen (secondary N) is 1. The van der Waals surface area contributed by atoms with Crippen LogP contribution in [-0.2, 0) is 0 Å². The van der Waals surface area contributed by atoms with Crippen molar-refractivity contribution < 1.29 is 20.1 Å². The van der Waals surface area contributed by atoms with Crippen LogP contribution in [0.25, 0.3) is 0 Å². The predicted octanol–water partition coefficient (Wildman–Crippen LogP) is 1.43. The van der Waals surface area contributed by atoms with Crippen LogP contribution >= 0.6 is 0 Å². The summed E-state index contributed by atoms with van der Waals surface area (Å²) in [6.45, 7) is 1.64. The zero-order valence-electron chi connectivity index (χ0n) is 7.56. The Labute approximate surface area is 80.6 Å². The molecular weight excluding hydrogens is 186 g/mol. The van der Waals surface area contributed by atoms with Gasteiger partial charge in [0.1, 0.15) is 0 Å². The molecule has 5 nitrogen and oxygen atoms in total. The number of phenols is 2. The van der Waals surface area contributed by atoms with Gasteiger partial charge in [0.15, 0.2) is 11.5 Å². The van der Waals surface area contributed by atoms with Gasteiger partial charge in [0.2, 0.25) is 0 Å². The summed E-state index contributed by atoms with van der Waals surface area (Å²) >= 11 is 0. The number of rotatable bonds is 2. The molecule has 76 valence electrons. The lowest BCUT2D eigenvalue weighted by molar-refractivity contribution is 0.191. The van der Waals surface area contributed by atoms with Crippen molar-refractivity contribution in [3.05, 3.63) is 23.8 Å². The standard InChI is InChI=1S/C9H11NO4/c1-5(10-9(13)14)6-2-3-7(11)8(12)4-6/h2-5,10-12H,1H3,(H,13,14). The summed E-state index contributed by atoms with van der Waals surface area (Å²) in [5.41, 5.74) is 0.586. The molecule has 0 aromatic heterocycles. The minimum absolute atomic E-state index is 0.226. The van der Waals surface area contributed by atoms with Crippen LogP contribution in [0.5, 0.6) is 11.5 Å². The summed E-state index contributed by atoms with van der Waals surface area (Å²) in [6, 6.07) is 3.73. The summed E-state index contributed by atoms with van der Waals surface area (Å²) in [7, 11) is 0. The molecule has 5 heteroatoms. The molecule has 0 heterocycles. The van der Waals surface area contributed by atoms with E-state index in [9.17, 15) is 4.79 Å². The Balaban J connectivity index is 2.85. The Bertz CT molecular complexity index is 351. The van der Waals surface area contributed by atoms with Crippen LogP contribution in [0.2, 0.25) is 0 Å². The fourth-order valence-corrected chi connectivity index (χ4v) is 1.08. The van der Waals surface area contributed by atoms with Crippen molar-refractivity contribution in [2.45, 2.75) is 13.0 Å². The van der Waals surface area contributed by atoms with Crippen LogP contribution in [0.1, 0.15) is 18.5 Å². The summed E-state index contributed by atoms with van der Waals surface area (Å²) < 4.78 is 0. The van der Waals surface area contributed by atoms with Crippen molar-refractivity contribution in [2.24, 2.45) is 0 Å². The van der Waals surface area contributed by atoms with E-state index >= 15 is 0 Å². The van der Waals surface area contributed by atoms with Crippen molar-refractivity contribution in [3.8, 4) is 11.5 Å². The van der Waals surface area contributed by atoms with Gasteiger partial charge in [-0.25, -0.2) is 4.79 Å². The minimum Gasteiger partial charge on any atom is -0.504 e. The highest BCUT2D eigenvalue weighted by Gasteiger charge is 2.09. The number of hydrogen-bond acceptors (Lipinski definition) is 3. The highest BCUT2D eigenvalue weighted by molar-refractivity contribution is 5.65. The zero-order chi connectivity index (χ0) is 10.7. The second-order valence-electron chi connectivity index (χ2n) is 2.92. The van der Waals surface area contributed by atoms with E-state index in [4.69, 9.17) is 15.3 Å². The van der Waals surface area contributed by atoms with Gasteiger partial charge in [0, 0.05) is 0 Å². The average Bonchev–Trinajstić information content (AvgIpc) is 2.08. The number of carboxylic acid groups (broad SMARTS) is 1. The van der Waals surface area contributed by atoms with Gasteiger partial charge in [-0.05, 0) is 24.6 Å². The quantitative estimate of drug-likeness (QED) is 0.540. The third-order valence-electron chi connectivity index (χ3n) is 1.84. The number of phenolic OH excluding ortho intramolecular Hbond substituents is 2. The second kappa shape index (κ2) is 3.87. The lowest BCUT2D eigenvalue weighted by atomic mass is 10.1.